The summed E-state index contributed by atoms with van der Waals surface area (Å²) in [4.78, 5) is 25.9. The van der Waals surface area contributed by atoms with E-state index in [0.29, 0.717) is 13.1 Å². The zero-order valence-electron chi connectivity index (χ0n) is 28.7. The van der Waals surface area contributed by atoms with Crippen LogP contribution in [0, 0.1) is 5.41 Å². The molecule has 2 heterocycles. The number of nitrogens with one attached hydrogen (secondary N) is 1. The molecule has 3 N–H and O–H groups in total. The number of benzene rings is 5. The maximum atomic E-state index is 14.3. The topological polar surface area (TPSA) is 104 Å². The third-order valence-corrected chi connectivity index (χ3v) is 9.84. The summed E-state index contributed by atoms with van der Waals surface area (Å²) in [5.41, 5.74) is 12.5. The monoisotopic (exact) mass is 665 g/mol. The molecule has 1 aliphatic heterocycles. The van der Waals surface area contributed by atoms with Gasteiger partial charge in [-0.25, -0.2) is 4.98 Å². The van der Waals surface area contributed by atoms with E-state index in [4.69, 9.17) is 20.9 Å². The van der Waals surface area contributed by atoms with Gasteiger partial charge in [-0.1, -0.05) is 78.9 Å². The van der Waals surface area contributed by atoms with Gasteiger partial charge in [0.1, 0.15) is 17.4 Å². The molecule has 6 aromatic rings. The van der Waals surface area contributed by atoms with Crippen LogP contribution < -0.4 is 20.3 Å². The summed E-state index contributed by atoms with van der Waals surface area (Å²) in [5, 5.41) is 9.96. The van der Waals surface area contributed by atoms with Gasteiger partial charge in [0.15, 0.2) is 0 Å². The number of piperazine rings is 1. The molecule has 1 aliphatic rings. The standard InChI is InChI=1S/C41H43N7O2/c1-45-36-20-19-33(26-35(36)44-39(45)21-16-29-14-17-31(18-15-29)41(42)43)48(27-32-10-7-9-30-8-3-4-11-34(30)32)40(49)28-46-22-24-47(25-23-46)37-12-5-6-13-38(37)50-2/h3-15,17-20,26H,16,21-25,27-28H2,1-2H3,(H3,42,43). The molecule has 7 rings (SSSR count). The fourth-order valence-corrected chi connectivity index (χ4v) is 6.98. The van der Waals surface area contributed by atoms with Crippen LogP contribution in [0.25, 0.3) is 21.8 Å². The summed E-state index contributed by atoms with van der Waals surface area (Å²) in [6, 6.07) is 36.8. The SMILES string of the molecule is COc1ccccc1N1CCN(CC(=O)N(Cc2cccc3ccccc23)c2ccc3c(c2)nc(CCc2ccc(C(=N)N)cc2)n3C)CC1. The molecule has 1 amide bonds. The van der Waals surface area contributed by atoms with Gasteiger partial charge in [-0.3, -0.25) is 15.1 Å². The summed E-state index contributed by atoms with van der Waals surface area (Å²) >= 11 is 0. The number of aryl methyl sites for hydroxylation is 3. The van der Waals surface area contributed by atoms with Crippen molar-refractivity contribution in [3.63, 3.8) is 0 Å². The Labute approximate surface area is 293 Å². The van der Waals surface area contributed by atoms with Gasteiger partial charge >= 0.3 is 0 Å². The Balaban J connectivity index is 1.13. The summed E-state index contributed by atoms with van der Waals surface area (Å²) < 4.78 is 7.75. The predicted octanol–water partition coefficient (Wildman–Crippen LogP) is 6.16. The fourth-order valence-electron chi connectivity index (χ4n) is 6.98. The van der Waals surface area contributed by atoms with Crippen molar-refractivity contribution in [3.05, 3.63) is 132 Å². The molecule has 0 spiro atoms. The highest BCUT2D eigenvalue weighted by Gasteiger charge is 2.25. The minimum absolute atomic E-state index is 0.0631. The summed E-state index contributed by atoms with van der Waals surface area (Å²) in [7, 11) is 3.76. The lowest BCUT2D eigenvalue weighted by atomic mass is 10.0. The normalized spacial score (nSPS) is 13.5. The Morgan fingerprint density at radius 3 is 2.40 bits per heavy atom. The molecular formula is C41H43N7O2. The van der Waals surface area contributed by atoms with E-state index >= 15 is 0 Å². The second-order valence-electron chi connectivity index (χ2n) is 12.9. The van der Waals surface area contributed by atoms with E-state index in [1.807, 2.05) is 60.5 Å². The van der Waals surface area contributed by atoms with Crippen LogP contribution in [0.4, 0.5) is 11.4 Å². The largest absolute Gasteiger partial charge is 0.495 e. The molecule has 50 heavy (non-hydrogen) atoms. The molecule has 9 nitrogen and oxygen atoms in total. The van der Waals surface area contributed by atoms with Crippen LogP contribution in [0.15, 0.2) is 109 Å². The Kier molecular flexibility index (Phi) is 9.49. The van der Waals surface area contributed by atoms with Crippen molar-refractivity contribution in [2.24, 2.45) is 12.8 Å². The molecule has 0 aliphatic carbocycles. The van der Waals surface area contributed by atoms with Gasteiger partial charge in [-0.05, 0) is 58.7 Å². The number of para-hydroxylation sites is 2. The molecule has 0 unspecified atom stereocenters. The van der Waals surface area contributed by atoms with E-state index in [1.165, 1.54) is 5.56 Å². The molecule has 1 fully saturated rings. The minimum atomic E-state index is 0.0631. The van der Waals surface area contributed by atoms with E-state index in [9.17, 15) is 4.79 Å². The third kappa shape index (κ3) is 6.91. The predicted molar refractivity (Wildman–Crippen MR) is 202 cm³/mol. The van der Waals surface area contributed by atoms with Crippen molar-refractivity contribution in [2.75, 3.05) is 49.6 Å². The second kappa shape index (κ2) is 14.4. The molecule has 254 valence electrons. The van der Waals surface area contributed by atoms with Crippen molar-refractivity contribution < 1.29 is 9.53 Å². The number of nitrogens with zero attached hydrogens (tertiary/aromatic N) is 5. The molecule has 0 atom stereocenters. The van der Waals surface area contributed by atoms with E-state index in [-0.39, 0.29) is 11.7 Å². The number of rotatable bonds is 11. The zero-order chi connectivity index (χ0) is 34.6. The fraction of sp³-hybridized carbons (Fsp3) is 0.244. The van der Waals surface area contributed by atoms with Gasteiger partial charge in [-0.2, -0.15) is 0 Å². The molecule has 0 saturated carbocycles. The second-order valence-corrected chi connectivity index (χ2v) is 12.9. The van der Waals surface area contributed by atoms with Crippen LogP contribution in [0.5, 0.6) is 5.75 Å². The van der Waals surface area contributed by atoms with E-state index in [0.717, 1.165) is 94.9 Å². The molecule has 1 saturated heterocycles. The van der Waals surface area contributed by atoms with Gasteiger partial charge in [0.2, 0.25) is 5.91 Å². The number of nitrogen functional groups attached to an aromatic ring is 1. The number of methoxy groups -OCH3 is 1. The molecule has 0 radical (unpaired) electrons. The Morgan fingerprint density at radius 1 is 0.880 bits per heavy atom. The Morgan fingerprint density at radius 2 is 1.62 bits per heavy atom. The number of ether oxygens (including phenoxy) is 1. The number of nitrogens with two attached hydrogens (primary N) is 1. The van der Waals surface area contributed by atoms with Gasteiger partial charge in [0.05, 0.1) is 36.9 Å². The summed E-state index contributed by atoms with van der Waals surface area (Å²) in [5.74, 6) is 1.98. The molecule has 0 bridgehead atoms. The van der Waals surface area contributed by atoms with Gasteiger partial charge in [0, 0.05) is 50.9 Å². The zero-order valence-corrected chi connectivity index (χ0v) is 28.7. The van der Waals surface area contributed by atoms with Gasteiger partial charge in [0.25, 0.3) is 0 Å². The average molecular weight is 666 g/mol. The van der Waals surface area contributed by atoms with E-state index in [1.54, 1.807) is 7.11 Å². The highest BCUT2D eigenvalue weighted by atomic mass is 16.5. The highest BCUT2D eigenvalue weighted by Crippen LogP contribution is 2.30. The molecule has 5 aromatic carbocycles. The lowest BCUT2D eigenvalue weighted by molar-refractivity contribution is -0.120. The smallest absolute Gasteiger partial charge is 0.241 e. The molecule has 1 aromatic heterocycles. The lowest BCUT2D eigenvalue weighted by Gasteiger charge is -2.37. The van der Waals surface area contributed by atoms with Crippen LogP contribution in [-0.2, 0) is 31.2 Å². The van der Waals surface area contributed by atoms with Crippen molar-refractivity contribution in [1.82, 2.24) is 14.5 Å². The summed E-state index contributed by atoms with van der Waals surface area (Å²) in [6.45, 7) is 4.00. The first-order valence-electron chi connectivity index (χ1n) is 17.1. The number of imidazole rings is 1. The average Bonchev–Trinajstić information content (AvgIpc) is 3.47. The maximum absolute atomic E-state index is 14.3. The van der Waals surface area contributed by atoms with Crippen LogP contribution in [-0.4, -0.2) is 66.0 Å². The van der Waals surface area contributed by atoms with Crippen molar-refractivity contribution in [2.45, 2.75) is 19.4 Å². The van der Waals surface area contributed by atoms with E-state index in [2.05, 4.69) is 75.0 Å². The number of amidine groups is 1. The number of hydrogen-bond acceptors (Lipinski definition) is 6. The molecule has 9 heteroatoms. The van der Waals surface area contributed by atoms with Gasteiger partial charge in [-0.15, -0.1) is 0 Å². The number of carbonyl (C=O) groups is 1. The quantitative estimate of drug-likeness (QED) is 0.127. The van der Waals surface area contributed by atoms with Crippen molar-refractivity contribution in [3.8, 4) is 5.75 Å². The van der Waals surface area contributed by atoms with Crippen LogP contribution in [0.2, 0.25) is 0 Å². The lowest BCUT2D eigenvalue weighted by Crippen LogP contribution is -2.50. The van der Waals surface area contributed by atoms with E-state index < -0.39 is 0 Å². The maximum Gasteiger partial charge on any atom is 0.241 e. The van der Waals surface area contributed by atoms with Crippen LogP contribution in [0.3, 0.4) is 0 Å². The van der Waals surface area contributed by atoms with Crippen molar-refractivity contribution >= 4 is 44.9 Å². The number of anilines is 2. The number of hydrogen-bond donors (Lipinski definition) is 2. The summed E-state index contributed by atoms with van der Waals surface area (Å²) in [6.07, 6.45) is 1.58. The Hall–Kier alpha value is -5.67. The van der Waals surface area contributed by atoms with Crippen molar-refractivity contribution in [1.29, 1.82) is 5.41 Å². The number of carbonyl (C=O) groups excluding carboxylic acids is 1. The first-order chi connectivity index (χ1) is 24.4. The van der Waals surface area contributed by atoms with Crippen LogP contribution in [0.1, 0.15) is 22.5 Å². The first-order valence-corrected chi connectivity index (χ1v) is 17.1. The highest BCUT2D eigenvalue weighted by molar-refractivity contribution is 5.98. The third-order valence-electron chi connectivity index (χ3n) is 9.84. The number of fused-ring (bicyclic) bond motifs is 2. The van der Waals surface area contributed by atoms with Gasteiger partial charge < -0.3 is 24.8 Å². The minimum Gasteiger partial charge on any atom is -0.495 e. The first kappa shape index (κ1) is 32.9. The van der Waals surface area contributed by atoms with Crippen LogP contribution >= 0.6 is 0 Å². The Bertz CT molecular complexity index is 2140. The molecular weight excluding hydrogens is 622 g/mol. The number of amides is 1. The number of aromatic nitrogens is 2.